The molecule has 2 heterocycles. The highest BCUT2D eigenvalue weighted by atomic mass is 16.5. The van der Waals surface area contributed by atoms with Crippen LogP contribution >= 0.6 is 0 Å². The summed E-state index contributed by atoms with van der Waals surface area (Å²) >= 11 is 0. The molecule has 1 amide bonds. The van der Waals surface area contributed by atoms with Crippen molar-refractivity contribution >= 4 is 17.6 Å². The number of nitrogens with one attached hydrogen (secondary N) is 1. The largest absolute Gasteiger partial charge is 0.485 e. The highest BCUT2D eigenvalue weighted by molar-refractivity contribution is 6.04. The van der Waals surface area contributed by atoms with E-state index >= 15 is 0 Å². The molecule has 1 aromatic carbocycles. The second-order valence-corrected chi connectivity index (χ2v) is 6.54. The van der Waals surface area contributed by atoms with Gasteiger partial charge in [0.05, 0.1) is 11.9 Å². The maximum atomic E-state index is 12.5. The third-order valence-electron chi connectivity index (χ3n) is 3.97. The molecule has 2 aromatic heterocycles. The Kier molecular flexibility index (Phi) is 5.12. The number of amides is 1. The van der Waals surface area contributed by atoms with Crippen LogP contribution in [0.15, 0.2) is 41.2 Å². The number of hydrogen-bond donors (Lipinski definition) is 2. The highest BCUT2D eigenvalue weighted by Crippen LogP contribution is 2.19. The number of nitrogens with zero attached hydrogens (tertiary/aromatic N) is 4. The molecule has 3 rings (SSSR count). The number of carbonyl (C=O) groups is 2. The number of carbonyl (C=O) groups excluding carboxylic acids is 1. The van der Waals surface area contributed by atoms with Crippen molar-refractivity contribution in [3.05, 3.63) is 53.9 Å². The molecule has 146 valence electrons. The fourth-order valence-corrected chi connectivity index (χ4v) is 2.27. The smallest absolute Gasteiger partial charge is 0.331 e. The molecule has 0 saturated carbocycles. The first-order valence-electron chi connectivity index (χ1n) is 8.37. The third-order valence-corrected chi connectivity index (χ3v) is 3.97. The van der Waals surface area contributed by atoms with Crippen molar-refractivity contribution in [2.24, 2.45) is 0 Å². The average molecular weight is 385 g/mol. The van der Waals surface area contributed by atoms with Crippen LogP contribution < -0.4 is 10.1 Å². The molecule has 0 spiro atoms. The molecule has 2 N–H and O–H groups in total. The topological polar surface area (TPSA) is 132 Å². The third kappa shape index (κ3) is 4.17. The number of aromatic nitrogens is 4. The Labute approximate surface area is 160 Å². The summed E-state index contributed by atoms with van der Waals surface area (Å²) in [6, 6.07) is 6.60. The molecule has 0 radical (unpaired) electrons. The number of rotatable bonds is 7. The second kappa shape index (κ2) is 7.51. The van der Waals surface area contributed by atoms with Crippen LogP contribution in [0.1, 0.15) is 35.9 Å². The van der Waals surface area contributed by atoms with Gasteiger partial charge in [-0.15, -0.1) is 0 Å². The zero-order valence-electron chi connectivity index (χ0n) is 15.5. The Bertz CT molecular complexity index is 1010. The zero-order valence-corrected chi connectivity index (χ0v) is 15.5. The lowest BCUT2D eigenvalue weighted by molar-refractivity contribution is -0.146. The van der Waals surface area contributed by atoms with Gasteiger partial charge in [0.15, 0.2) is 12.1 Å². The van der Waals surface area contributed by atoms with Gasteiger partial charge in [-0.2, -0.15) is 10.1 Å². The first-order valence-corrected chi connectivity index (χ1v) is 8.37. The molecule has 0 aliphatic carbocycles. The molecule has 3 aromatic rings. The summed E-state index contributed by atoms with van der Waals surface area (Å²) in [6.07, 6.45) is 2.85. The van der Waals surface area contributed by atoms with Gasteiger partial charge in [-0.3, -0.25) is 9.48 Å². The summed E-state index contributed by atoms with van der Waals surface area (Å²) in [7, 11) is 0. The SMILES string of the molecule is Cc1nc(COc2cccc(C(=O)Nc3cnn(C(C)(C)C(=O)O)c3)c2)no1. The van der Waals surface area contributed by atoms with Gasteiger partial charge in [0.25, 0.3) is 5.91 Å². The maximum Gasteiger partial charge on any atom is 0.331 e. The number of hydrogen-bond acceptors (Lipinski definition) is 7. The van der Waals surface area contributed by atoms with E-state index in [0.29, 0.717) is 28.7 Å². The minimum Gasteiger partial charge on any atom is -0.485 e. The average Bonchev–Trinajstić information content (AvgIpc) is 3.29. The van der Waals surface area contributed by atoms with Crippen LogP contribution in [0.4, 0.5) is 5.69 Å². The van der Waals surface area contributed by atoms with Crippen molar-refractivity contribution in [3.8, 4) is 5.75 Å². The minimum atomic E-state index is -1.23. The molecular weight excluding hydrogens is 366 g/mol. The second-order valence-electron chi connectivity index (χ2n) is 6.54. The maximum absolute atomic E-state index is 12.5. The van der Waals surface area contributed by atoms with E-state index in [1.165, 1.54) is 30.9 Å². The van der Waals surface area contributed by atoms with E-state index in [1.54, 1.807) is 31.2 Å². The summed E-state index contributed by atoms with van der Waals surface area (Å²) in [5, 5.41) is 19.7. The summed E-state index contributed by atoms with van der Waals surface area (Å²) in [6.45, 7) is 4.82. The van der Waals surface area contributed by atoms with E-state index in [9.17, 15) is 14.7 Å². The van der Waals surface area contributed by atoms with Crippen molar-refractivity contribution in [1.29, 1.82) is 0 Å². The van der Waals surface area contributed by atoms with Gasteiger partial charge < -0.3 is 19.7 Å². The van der Waals surface area contributed by atoms with Crippen molar-refractivity contribution in [2.45, 2.75) is 32.9 Å². The lowest BCUT2D eigenvalue weighted by Gasteiger charge is -2.19. The normalized spacial score (nSPS) is 11.2. The Morgan fingerprint density at radius 1 is 1.36 bits per heavy atom. The molecule has 0 unspecified atom stereocenters. The molecule has 0 atom stereocenters. The van der Waals surface area contributed by atoms with Gasteiger partial charge in [-0.05, 0) is 32.0 Å². The standard InChI is InChI=1S/C18H19N5O5/c1-11-20-15(22-28-11)10-27-14-6-4-5-12(7-14)16(24)21-13-8-19-23(9-13)18(2,3)17(25)26/h4-9H,10H2,1-3H3,(H,21,24)(H,25,26). The number of ether oxygens (including phenoxy) is 1. The molecule has 0 aliphatic heterocycles. The lowest BCUT2D eigenvalue weighted by atomic mass is 10.1. The van der Waals surface area contributed by atoms with Crippen LogP contribution in [-0.4, -0.2) is 36.9 Å². The Hall–Kier alpha value is -3.69. The molecule has 0 bridgehead atoms. The van der Waals surface area contributed by atoms with Gasteiger partial charge >= 0.3 is 5.97 Å². The fraction of sp³-hybridized carbons (Fsp3) is 0.278. The van der Waals surface area contributed by atoms with Crippen LogP contribution in [-0.2, 0) is 16.9 Å². The summed E-state index contributed by atoms with van der Waals surface area (Å²) < 4.78 is 11.7. The van der Waals surface area contributed by atoms with E-state index in [2.05, 4.69) is 20.6 Å². The molecule has 10 nitrogen and oxygen atoms in total. The molecular formula is C18H19N5O5. The molecule has 0 fully saturated rings. The van der Waals surface area contributed by atoms with E-state index < -0.39 is 11.5 Å². The Balaban J connectivity index is 1.66. The molecule has 0 saturated heterocycles. The zero-order chi connectivity index (χ0) is 20.3. The molecule has 10 heteroatoms. The van der Waals surface area contributed by atoms with Gasteiger partial charge in [-0.1, -0.05) is 11.2 Å². The number of benzene rings is 1. The van der Waals surface area contributed by atoms with E-state index in [4.69, 9.17) is 9.26 Å². The summed E-state index contributed by atoms with van der Waals surface area (Å²) in [5.74, 6) is -0.0966. The van der Waals surface area contributed by atoms with Crippen LogP contribution in [0.2, 0.25) is 0 Å². The van der Waals surface area contributed by atoms with Crippen molar-refractivity contribution in [3.63, 3.8) is 0 Å². The number of carboxylic acids is 1. The van der Waals surface area contributed by atoms with Crippen LogP contribution in [0, 0.1) is 6.92 Å². The summed E-state index contributed by atoms with van der Waals surface area (Å²) in [5.41, 5.74) is -0.482. The Morgan fingerprint density at radius 2 is 2.14 bits per heavy atom. The van der Waals surface area contributed by atoms with Gasteiger partial charge in [0.1, 0.15) is 5.75 Å². The van der Waals surface area contributed by atoms with Crippen molar-refractivity contribution < 1.29 is 24.0 Å². The van der Waals surface area contributed by atoms with E-state index in [1.807, 2.05) is 0 Å². The fourth-order valence-electron chi connectivity index (χ4n) is 2.27. The number of aliphatic carboxylic acids is 1. The predicted molar refractivity (Wildman–Crippen MR) is 96.9 cm³/mol. The predicted octanol–water partition coefficient (Wildman–Crippen LogP) is 2.23. The van der Waals surface area contributed by atoms with Crippen molar-refractivity contribution in [1.82, 2.24) is 19.9 Å². The van der Waals surface area contributed by atoms with Crippen LogP contribution in [0.5, 0.6) is 5.75 Å². The molecule has 0 aliphatic rings. The minimum absolute atomic E-state index is 0.111. The van der Waals surface area contributed by atoms with Crippen molar-refractivity contribution in [2.75, 3.05) is 5.32 Å². The highest BCUT2D eigenvalue weighted by Gasteiger charge is 2.30. The Morgan fingerprint density at radius 3 is 2.82 bits per heavy atom. The van der Waals surface area contributed by atoms with Gasteiger partial charge in [0, 0.05) is 18.7 Å². The van der Waals surface area contributed by atoms with Gasteiger partial charge in [-0.25, -0.2) is 4.79 Å². The monoisotopic (exact) mass is 385 g/mol. The number of anilines is 1. The van der Waals surface area contributed by atoms with E-state index in [-0.39, 0.29) is 12.5 Å². The first kappa shape index (κ1) is 19.1. The van der Waals surface area contributed by atoms with Crippen LogP contribution in [0.3, 0.4) is 0 Å². The summed E-state index contributed by atoms with van der Waals surface area (Å²) in [4.78, 5) is 27.8. The number of carboxylic acid groups (broad SMARTS) is 1. The number of aryl methyl sites for hydroxylation is 1. The van der Waals surface area contributed by atoms with Crippen LogP contribution in [0.25, 0.3) is 0 Å². The molecule has 28 heavy (non-hydrogen) atoms. The first-order chi connectivity index (χ1) is 13.3. The van der Waals surface area contributed by atoms with E-state index in [0.717, 1.165) is 0 Å². The van der Waals surface area contributed by atoms with Gasteiger partial charge in [0.2, 0.25) is 11.7 Å². The lowest BCUT2D eigenvalue weighted by Crippen LogP contribution is -2.35. The quantitative estimate of drug-likeness (QED) is 0.633.